The van der Waals surface area contributed by atoms with Crippen LogP contribution in [0.2, 0.25) is 0 Å². The summed E-state index contributed by atoms with van der Waals surface area (Å²) in [5.74, 6) is 0. The minimum Gasteiger partial charge on any atom is -0.311 e. The normalized spacial score (nSPS) is 11.9. The molecule has 0 aliphatic carbocycles. The molecular weight excluding hydrogens is 591 g/mol. The highest BCUT2D eigenvalue weighted by molar-refractivity contribution is 5.97. The number of fused-ring (bicyclic) bond motifs is 1. The number of hydrogen-bond donors (Lipinski definition) is 0. The van der Waals surface area contributed by atoms with Gasteiger partial charge in [-0.05, 0) is 103 Å². The van der Waals surface area contributed by atoms with Crippen LogP contribution in [0.25, 0.3) is 44.2 Å². The van der Waals surface area contributed by atoms with Gasteiger partial charge in [-0.2, -0.15) is 0 Å². The molecule has 0 heterocycles. The van der Waals surface area contributed by atoms with Gasteiger partial charge in [-0.1, -0.05) is 169 Å². The second kappa shape index (κ2) is 12.9. The van der Waals surface area contributed by atoms with Crippen molar-refractivity contribution in [3.8, 4) is 33.4 Å². The molecular formula is C48H45N. The summed E-state index contributed by atoms with van der Waals surface area (Å²) in [6, 6.07) is 60.0. The van der Waals surface area contributed by atoms with E-state index in [1.807, 2.05) is 0 Å². The molecule has 0 aliphatic heterocycles. The van der Waals surface area contributed by atoms with Crippen molar-refractivity contribution in [3.63, 3.8) is 0 Å². The van der Waals surface area contributed by atoms with Crippen molar-refractivity contribution in [1.29, 1.82) is 0 Å². The van der Waals surface area contributed by atoms with Crippen LogP contribution in [-0.2, 0) is 10.8 Å². The Morgan fingerprint density at radius 3 is 1.22 bits per heavy atom. The number of benzene rings is 7. The summed E-state index contributed by atoms with van der Waals surface area (Å²) in [5, 5.41) is 2.53. The van der Waals surface area contributed by atoms with Crippen LogP contribution in [0.3, 0.4) is 0 Å². The molecule has 0 saturated carbocycles. The van der Waals surface area contributed by atoms with Gasteiger partial charge in [0.05, 0.1) is 0 Å². The Bertz CT molecular complexity index is 2100. The van der Waals surface area contributed by atoms with Crippen LogP contribution in [0.1, 0.15) is 52.7 Å². The Labute approximate surface area is 292 Å². The predicted octanol–water partition coefficient (Wildman–Crippen LogP) is 13.9. The van der Waals surface area contributed by atoms with Crippen LogP contribution < -0.4 is 4.90 Å². The van der Waals surface area contributed by atoms with Crippen molar-refractivity contribution in [2.75, 3.05) is 4.90 Å². The zero-order valence-electron chi connectivity index (χ0n) is 29.5. The van der Waals surface area contributed by atoms with E-state index in [1.54, 1.807) is 0 Å². The Hall–Kier alpha value is -5.40. The standard InChI is InChI=1S/C48H45N/c1-47(2,3)40-16-9-14-38(32-40)34-20-26-42(27-21-34)49(43-28-22-35(23-29-43)39-15-10-17-41(33-39)48(4,5)6)44-30-24-37(25-31-44)46-19-11-13-36-12-7-8-18-45(36)46/h7-33H,1-6H3. The lowest BCUT2D eigenvalue weighted by Gasteiger charge is -2.26. The molecule has 0 aliphatic rings. The third-order valence-corrected chi connectivity index (χ3v) is 9.60. The van der Waals surface area contributed by atoms with Gasteiger partial charge in [-0.3, -0.25) is 0 Å². The van der Waals surface area contributed by atoms with E-state index in [-0.39, 0.29) is 10.8 Å². The van der Waals surface area contributed by atoms with Gasteiger partial charge in [0.2, 0.25) is 0 Å². The van der Waals surface area contributed by atoms with E-state index in [0.717, 1.165) is 17.1 Å². The Balaban J connectivity index is 1.27. The van der Waals surface area contributed by atoms with Crippen molar-refractivity contribution in [1.82, 2.24) is 0 Å². The van der Waals surface area contributed by atoms with Crippen molar-refractivity contribution in [3.05, 3.63) is 175 Å². The first-order valence-electron chi connectivity index (χ1n) is 17.3. The molecule has 0 unspecified atom stereocenters. The molecule has 0 saturated heterocycles. The molecule has 0 radical (unpaired) electrons. The maximum Gasteiger partial charge on any atom is 0.0462 e. The first kappa shape index (κ1) is 32.2. The van der Waals surface area contributed by atoms with E-state index < -0.39 is 0 Å². The molecule has 7 aromatic rings. The van der Waals surface area contributed by atoms with Crippen LogP contribution >= 0.6 is 0 Å². The maximum atomic E-state index is 2.36. The Morgan fingerprint density at radius 2 is 0.755 bits per heavy atom. The minimum absolute atomic E-state index is 0.102. The van der Waals surface area contributed by atoms with Crippen molar-refractivity contribution in [2.45, 2.75) is 52.4 Å². The van der Waals surface area contributed by atoms with Gasteiger partial charge >= 0.3 is 0 Å². The molecule has 7 aromatic carbocycles. The lowest BCUT2D eigenvalue weighted by Crippen LogP contribution is -2.11. The van der Waals surface area contributed by atoms with E-state index in [0.29, 0.717) is 0 Å². The summed E-state index contributed by atoms with van der Waals surface area (Å²) in [5.41, 5.74) is 13.6. The molecule has 0 amide bonds. The molecule has 1 nitrogen and oxygen atoms in total. The average molecular weight is 636 g/mol. The summed E-state index contributed by atoms with van der Waals surface area (Å²) >= 11 is 0. The van der Waals surface area contributed by atoms with Gasteiger partial charge in [0.1, 0.15) is 0 Å². The molecule has 0 bridgehead atoms. The molecule has 1 heteroatoms. The number of nitrogens with zero attached hydrogens (tertiary/aromatic N) is 1. The van der Waals surface area contributed by atoms with Gasteiger partial charge < -0.3 is 4.90 Å². The fourth-order valence-corrected chi connectivity index (χ4v) is 6.65. The SMILES string of the molecule is CC(C)(C)c1cccc(-c2ccc(N(c3ccc(-c4cccc(C(C)(C)C)c4)cc3)c3ccc(-c4cccc5ccccc45)cc3)cc2)c1. The first-order chi connectivity index (χ1) is 23.5. The highest BCUT2D eigenvalue weighted by Gasteiger charge is 2.17. The van der Waals surface area contributed by atoms with Crippen LogP contribution in [0, 0.1) is 0 Å². The molecule has 0 N–H and O–H groups in total. The van der Waals surface area contributed by atoms with Crippen LogP contribution in [0.15, 0.2) is 164 Å². The molecule has 0 spiro atoms. The third-order valence-electron chi connectivity index (χ3n) is 9.60. The lowest BCUT2D eigenvalue weighted by molar-refractivity contribution is 0.590. The van der Waals surface area contributed by atoms with Gasteiger partial charge in [0.15, 0.2) is 0 Å². The summed E-state index contributed by atoms with van der Waals surface area (Å²) in [4.78, 5) is 2.36. The zero-order chi connectivity index (χ0) is 34.2. The lowest BCUT2D eigenvalue weighted by atomic mass is 9.85. The monoisotopic (exact) mass is 635 g/mol. The van der Waals surface area contributed by atoms with Gasteiger partial charge in [-0.15, -0.1) is 0 Å². The fraction of sp³-hybridized carbons (Fsp3) is 0.167. The first-order valence-corrected chi connectivity index (χ1v) is 17.3. The topological polar surface area (TPSA) is 3.24 Å². The Kier molecular flexibility index (Phi) is 8.47. The second-order valence-electron chi connectivity index (χ2n) is 15.2. The van der Waals surface area contributed by atoms with E-state index >= 15 is 0 Å². The molecule has 242 valence electrons. The molecule has 49 heavy (non-hydrogen) atoms. The highest BCUT2D eigenvalue weighted by atomic mass is 15.1. The van der Waals surface area contributed by atoms with Crippen molar-refractivity contribution in [2.24, 2.45) is 0 Å². The van der Waals surface area contributed by atoms with Crippen LogP contribution in [0.4, 0.5) is 17.1 Å². The summed E-state index contributed by atoms with van der Waals surface area (Å²) < 4.78 is 0. The highest BCUT2D eigenvalue weighted by Crippen LogP contribution is 2.39. The largest absolute Gasteiger partial charge is 0.311 e. The molecule has 0 fully saturated rings. The smallest absolute Gasteiger partial charge is 0.0462 e. The van der Waals surface area contributed by atoms with E-state index in [9.17, 15) is 0 Å². The van der Waals surface area contributed by atoms with E-state index in [1.165, 1.54) is 55.3 Å². The minimum atomic E-state index is 0.102. The fourth-order valence-electron chi connectivity index (χ4n) is 6.65. The van der Waals surface area contributed by atoms with Gasteiger partial charge in [0, 0.05) is 17.1 Å². The summed E-state index contributed by atoms with van der Waals surface area (Å²) in [6.45, 7) is 13.6. The van der Waals surface area contributed by atoms with Gasteiger partial charge in [-0.25, -0.2) is 0 Å². The van der Waals surface area contributed by atoms with Gasteiger partial charge in [0.25, 0.3) is 0 Å². The third kappa shape index (κ3) is 6.80. The summed E-state index contributed by atoms with van der Waals surface area (Å²) in [7, 11) is 0. The second-order valence-corrected chi connectivity index (χ2v) is 15.2. The number of hydrogen-bond acceptors (Lipinski definition) is 1. The number of rotatable bonds is 6. The number of anilines is 3. The van der Waals surface area contributed by atoms with Crippen molar-refractivity contribution < 1.29 is 0 Å². The zero-order valence-corrected chi connectivity index (χ0v) is 29.5. The molecule has 0 atom stereocenters. The van der Waals surface area contributed by atoms with Crippen LogP contribution in [0.5, 0.6) is 0 Å². The predicted molar refractivity (Wildman–Crippen MR) is 212 cm³/mol. The van der Waals surface area contributed by atoms with Crippen LogP contribution in [-0.4, -0.2) is 0 Å². The molecule has 0 aromatic heterocycles. The molecule has 7 rings (SSSR count). The summed E-state index contributed by atoms with van der Waals surface area (Å²) in [6.07, 6.45) is 0. The van der Waals surface area contributed by atoms with Crippen molar-refractivity contribution >= 4 is 27.8 Å². The average Bonchev–Trinajstić information content (AvgIpc) is 3.12. The Morgan fingerprint density at radius 1 is 0.347 bits per heavy atom. The van der Waals surface area contributed by atoms with E-state index in [4.69, 9.17) is 0 Å². The quantitative estimate of drug-likeness (QED) is 0.176. The van der Waals surface area contributed by atoms with E-state index in [2.05, 4.69) is 210 Å². The maximum absolute atomic E-state index is 2.36.